The van der Waals surface area contributed by atoms with Gasteiger partial charge in [0.1, 0.15) is 5.76 Å². The SMILES string of the molecule is CC(CCc1ccco1)NCCCCN(C)C(C)C. The van der Waals surface area contributed by atoms with Crippen LogP contribution >= 0.6 is 0 Å². The van der Waals surface area contributed by atoms with Gasteiger partial charge in [0.15, 0.2) is 0 Å². The maximum Gasteiger partial charge on any atom is 0.103 e. The van der Waals surface area contributed by atoms with Crippen molar-refractivity contribution in [2.24, 2.45) is 0 Å². The fraction of sp³-hybridized carbons (Fsp3) is 0.750. The Morgan fingerprint density at radius 3 is 2.68 bits per heavy atom. The molecule has 1 rings (SSSR count). The minimum Gasteiger partial charge on any atom is -0.469 e. The standard InChI is InChI=1S/C16H30N2O/c1-14(2)18(4)12-6-5-11-17-15(3)9-10-16-8-7-13-19-16/h7-8,13-15,17H,5-6,9-12H2,1-4H3. The van der Waals surface area contributed by atoms with E-state index in [1.807, 2.05) is 6.07 Å². The Kier molecular flexibility index (Phi) is 7.84. The van der Waals surface area contributed by atoms with Gasteiger partial charge in [0.25, 0.3) is 0 Å². The van der Waals surface area contributed by atoms with Gasteiger partial charge in [0, 0.05) is 18.5 Å². The molecule has 0 saturated heterocycles. The van der Waals surface area contributed by atoms with Crippen molar-refractivity contribution in [3.05, 3.63) is 24.2 Å². The summed E-state index contributed by atoms with van der Waals surface area (Å²) in [6, 6.07) is 5.22. The van der Waals surface area contributed by atoms with Crippen molar-refractivity contribution in [3.8, 4) is 0 Å². The number of aryl methyl sites for hydroxylation is 1. The smallest absolute Gasteiger partial charge is 0.103 e. The van der Waals surface area contributed by atoms with E-state index in [1.165, 1.54) is 19.4 Å². The van der Waals surface area contributed by atoms with Crippen molar-refractivity contribution >= 4 is 0 Å². The molecule has 1 aromatic heterocycles. The van der Waals surface area contributed by atoms with Crippen LogP contribution in [-0.4, -0.2) is 37.1 Å². The molecule has 110 valence electrons. The van der Waals surface area contributed by atoms with Crippen LogP contribution in [0.5, 0.6) is 0 Å². The number of rotatable bonds is 10. The van der Waals surface area contributed by atoms with Gasteiger partial charge in [-0.15, -0.1) is 0 Å². The van der Waals surface area contributed by atoms with E-state index >= 15 is 0 Å². The maximum absolute atomic E-state index is 5.34. The average Bonchev–Trinajstić information content (AvgIpc) is 2.88. The molecule has 1 unspecified atom stereocenters. The van der Waals surface area contributed by atoms with Gasteiger partial charge in [0.05, 0.1) is 6.26 Å². The molecule has 0 spiro atoms. The fourth-order valence-corrected chi connectivity index (χ4v) is 2.01. The molecule has 3 nitrogen and oxygen atoms in total. The predicted octanol–water partition coefficient (Wildman–Crippen LogP) is 3.31. The van der Waals surface area contributed by atoms with Crippen LogP contribution in [0.1, 0.15) is 45.8 Å². The molecule has 1 heterocycles. The van der Waals surface area contributed by atoms with Crippen LogP contribution in [0.15, 0.2) is 22.8 Å². The third-order valence-corrected chi connectivity index (χ3v) is 3.72. The molecule has 0 aliphatic carbocycles. The molecule has 0 aliphatic heterocycles. The van der Waals surface area contributed by atoms with Crippen molar-refractivity contribution in [3.63, 3.8) is 0 Å². The molecule has 0 amide bonds. The van der Waals surface area contributed by atoms with Gasteiger partial charge in [-0.3, -0.25) is 0 Å². The summed E-state index contributed by atoms with van der Waals surface area (Å²) in [5.74, 6) is 1.09. The fourth-order valence-electron chi connectivity index (χ4n) is 2.01. The van der Waals surface area contributed by atoms with Crippen LogP contribution in [0.2, 0.25) is 0 Å². The van der Waals surface area contributed by atoms with E-state index in [0.29, 0.717) is 12.1 Å². The third kappa shape index (κ3) is 7.38. The number of hydrogen-bond acceptors (Lipinski definition) is 3. The molecule has 19 heavy (non-hydrogen) atoms. The average molecular weight is 266 g/mol. The van der Waals surface area contributed by atoms with Crippen LogP contribution < -0.4 is 5.32 Å². The first-order chi connectivity index (χ1) is 9.09. The Morgan fingerprint density at radius 2 is 2.05 bits per heavy atom. The minimum atomic E-state index is 0.563. The number of furan rings is 1. The van der Waals surface area contributed by atoms with Gasteiger partial charge in [-0.25, -0.2) is 0 Å². The molecular weight excluding hydrogens is 236 g/mol. The molecule has 0 bridgehead atoms. The Bertz CT molecular complexity index is 309. The summed E-state index contributed by atoms with van der Waals surface area (Å²) in [5, 5.41) is 3.59. The Hall–Kier alpha value is -0.800. The summed E-state index contributed by atoms with van der Waals surface area (Å²) < 4.78 is 5.34. The second kappa shape index (κ2) is 9.16. The van der Waals surface area contributed by atoms with Crippen molar-refractivity contribution in [2.75, 3.05) is 20.1 Å². The Morgan fingerprint density at radius 1 is 1.26 bits per heavy atom. The van der Waals surface area contributed by atoms with Crippen molar-refractivity contribution in [2.45, 2.75) is 58.5 Å². The molecule has 0 aliphatic rings. The predicted molar refractivity (Wildman–Crippen MR) is 81.5 cm³/mol. The van der Waals surface area contributed by atoms with Gasteiger partial charge in [-0.1, -0.05) is 0 Å². The molecule has 0 radical (unpaired) electrons. The summed E-state index contributed by atoms with van der Waals surface area (Å²) in [4.78, 5) is 2.40. The van der Waals surface area contributed by atoms with Crippen molar-refractivity contribution < 1.29 is 4.42 Å². The number of unbranched alkanes of at least 4 members (excludes halogenated alkanes) is 1. The largest absolute Gasteiger partial charge is 0.469 e. The zero-order valence-electron chi connectivity index (χ0n) is 13.0. The van der Waals surface area contributed by atoms with Crippen molar-refractivity contribution in [1.82, 2.24) is 10.2 Å². The van der Waals surface area contributed by atoms with E-state index in [9.17, 15) is 0 Å². The molecule has 1 aromatic rings. The van der Waals surface area contributed by atoms with E-state index < -0.39 is 0 Å². The zero-order valence-corrected chi connectivity index (χ0v) is 13.0. The van der Waals surface area contributed by atoms with E-state index in [-0.39, 0.29) is 0 Å². The second-order valence-corrected chi connectivity index (χ2v) is 5.75. The van der Waals surface area contributed by atoms with Crippen LogP contribution in [0.3, 0.4) is 0 Å². The monoisotopic (exact) mass is 266 g/mol. The highest BCUT2D eigenvalue weighted by Gasteiger charge is 2.04. The van der Waals surface area contributed by atoms with Crippen LogP contribution in [0.4, 0.5) is 0 Å². The topological polar surface area (TPSA) is 28.4 Å². The van der Waals surface area contributed by atoms with E-state index in [0.717, 1.165) is 25.1 Å². The number of hydrogen-bond donors (Lipinski definition) is 1. The summed E-state index contributed by atoms with van der Waals surface area (Å²) in [7, 11) is 2.20. The lowest BCUT2D eigenvalue weighted by atomic mass is 10.1. The minimum absolute atomic E-state index is 0.563. The van der Waals surface area contributed by atoms with Crippen molar-refractivity contribution in [1.29, 1.82) is 0 Å². The van der Waals surface area contributed by atoms with Gasteiger partial charge in [-0.2, -0.15) is 0 Å². The lowest BCUT2D eigenvalue weighted by Gasteiger charge is -2.21. The van der Waals surface area contributed by atoms with Crippen LogP contribution in [0.25, 0.3) is 0 Å². The highest BCUT2D eigenvalue weighted by atomic mass is 16.3. The number of nitrogens with zero attached hydrogens (tertiary/aromatic N) is 1. The highest BCUT2D eigenvalue weighted by Crippen LogP contribution is 2.06. The molecule has 3 heteroatoms. The quantitative estimate of drug-likeness (QED) is 0.659. The van der Waals surface area contributed by atoms with E-state index in [4.69, 9.17) is 4.42 Å². The first-order valence-corrected chi connectivity index (χ1v) is 7.55. The lowest BCUT2D eigenvalue weighted by molar-refractivity contribution is 0.267. The van der Waals surface area contributed by atoms with Gasteiger partial charge < -0.3 is 14.6 Å². The van der Waals surface area contributed by atoms with E-state index in [2.05, 4.69) is 44.1 Å². The van der Waals surface area contributed by atoms with Crippen LogP contribution in [0, 0.1) is 0 Å². The summed E-state index contributed by atoms with van der Waals surface area (Å²) in [6.07, 6.45) is 6.43. The first kappa shape index (κ1) is 16.3. The lowest BCUT2D eigenvalue weighted by Crippen LogP contribution is -2.30. The molecule has 0 saturated carbocycles. The molecule has 1 atom stereocenters. The van der Waals surface area contributed by atoms with E-state index in [1.54, 1.807) is 6.26 Å². The first-order valence-electron chi connectivity index (χ1n) is 7.55. The molecular formula is C16H30N2O. The third-order valence-electron chi connectivity index (χ3n) is 3.72. The van der Waals surface area contributed by atoms with Crippen LogP contribution in [-0.2, 0) is 6.42 Å². The summed E-state index contributed by atoms with van der Waals surface area (Å²) in [6.45, 7) is 9.05. The van der Waals surface area contributed by atoms with Gasteiger partial charge in [0.2, 0.25) is 0 Å². The summed E-state index contributed by atoms with van der Waals surface area (Å²) >= 11 is 0. The second-order valence-electron chi connectivity index (χ2n) is 5.75. The molecule has 1 N–H and O–H groups in total. The highest BCUT2D eigenvalue weighted by molar-refractivity contribution is 4.98. The number of nitrogens with one attached hydrogen (secondary N) is 1. The Labute approximate surface area is 118 Å². The zero-order chi connectivity index (χ0) is 14.1. The van der Waals surface area contributed by atoms with Gasteiger partial charge in [-0.05, 0) is 72.3 Å². The molecule has 0 aromatic carbocycles. The maximum atomic E-state index is 5.34. The molecule has 0 fully saturated rings. The Balaban J connectivity index is 1.97. The van der Waals surface area contributed by atoms with Gasteiger partial charge >= 0.3 is 0 Å². The normalized spacial score (nSPS) is 13.4. The summed E-state index contributed by atoms with van der Waals surface area (Å²) in [5.41, 5.74) is 0.